The summed E-state index contributed by atoms with van der Waals surface area (Å²) in [7, 11) is 0. The summed E-state index contributed by atoms with van der Waals surface area (Å²) < 4.78 is 5.48. The molecule has 0 fully saturated rings. The topological polar surface area (TPSA) is 95.4 Å². The summed E-state index contributed by atoms with van der Waals surface area (Å²) in [6, 6.07) is 9.17. The van der Waals surface area contributed by atoms with Crippen LogP contribution in [0.2, 0.25) is 0 Å². The molecule has 0 saturated carbocycles. The number of aliphatic hydroxyl groups excluding tert-OH is 1. The first-order valence-corrected chi connectivity index (χ1v) is 10.7. The zero-order valence-corrected chi connectivity index (χ0v) is 17.7. The lowest BCUT2D eigenvalue weighted by Crippen LogP contribution is -2.05. The highest BCUT2D eigenvalue weighted by Gasteiger charge is 2.16. The summed E-state index contributed by atoms with van der Waals surface area (Å²) in [6.07, 6.45) is 4.68. The van der Waals surface area contributed by atoms with Gasteiger partial charge in [0, 0.05) is 17.9 Å². The number of hydrogen-bond donors (Lipinski definition) is 3. The summed E-state index contributed by atoms with van der Waals surface area (Å²) in [5.74, 6) is 0.625. The van der Waals surface area contributed by atoms with Gasteiger partial charge in [0.05, 0.1) is 23.4 Å². The third-order valence-electron chi connectivity index (χ3n) is 5.37. The Bertz CT molecular complexity index is 1010. The molecule has 3 rings (SSSR count). The van der Waals surface area contributed by atoms with E-state index in [0.29, 0.717) is 18.4 Å². The molecule has 1 aromatic heterocycles. The van der Waals surface area contributed by atoms with Gasteiger partial charge in [0.1, 0.15) is 18.1 Å². The number of benzene rings is 2. The molecule has 1 heterocycles. The second kappa shape index (κ2) is 10.3. The number of ether oxygens (including phenoxy) is 1. The third kappa shape index (κ3) is 5.00. The Hall–Kier alpha value is -2.86. The van der Waals surface area contributed by atoms with E-state index in [4.69, 9.17) is 9.84 Å². The maximum atomic E-state index is 12.9. The number of rotatable bonds is 11. The molecule has 2 aromatic carbocycles. The van der Waals surface area contributed by atoms with Gasteiger partial charge in [0.2, 0.25) is 0 Å². The van der Waals surface area contributed by atoms with E-state index < -0.39 is 0 Å². The molecule has 6 nitrogen and oxygen atoms in total. The van der Waals surface area contributed by atoms with Crippen LogP contribution in [-0.2, 0) is 19.3 Å². The van der Waals surface area contributed by atoms with E-state index in [1.54, 1.807) is 12.1 Å². The van der Waals surface area contributed by atoms with Crippen molar-refractivity contribution in [3.63, 3.8) is 0 Å². The number of aromatic hydroxyl groups is 1. The molecule has 0 spiro atoms. The standard InChI is InChI=1S/C24H30N2O4/c1-3-5-6-21-19-14-20(24(29)15-22(19)26-25-21)23(28)10-8-17-7-9-18(30-12-11-27)13-16(17)4-2/h7,9,13-15,27,29H,3-6,8,10-12H2,1-2H3,(H,25,26). The van der Waals surface area contributed by atoms with Crippen molar-refractivity contribution in [1.29, 1.82) is 0 Å². The van der Waals surface area contributed by atoms with Crippen molar-refractivity contribution in [3.05, 3.63) is 52.7 Å². The number of H-pyrrole nitrogens is 1. The number of aliphatic hydroxyl groups is 1. The van der Waals surface area contributed by atoms with E-state index in [1.165, 1.54) is 0 Å². The molecule has 0 aliphatic rings. The first-order valence-electron chi connectivity index (χ1n) is 10.7. The SMILES string of the molecule is CCCCc1n[nH]c2cc(O)c(C(=O)CCc3ccc(OCCO)cc3CC)cc12. The number of nitrogens with zero attached hydrogens (tertiary/aromatic N) is 1. The summed E-state index contributed by atoms with van der Waals surface area (Å²) in [6.45, 7) is 4.43. The molecule has 160 valence electrons. The zero-order chi connectivity index (χ0) is 21.5. The number of carbonyl (C=O) groups is 1. The fourth-order valence-electron chi connectivity index (χ4n) is 3.68. The molecule has 0 aliphatic carbocycles. The first-order chi connectivity index (χ1) is 14.6. The normalized spacial score (nSPS) is 11.2. The van der Waals surface area contributed by atoms with Gasteiger partial charge in [-0.15, -0.1) is 0 Å². The van der Waals surface area contributed by atoms with Crippen LogP contribution in [0, 0.1) is 0 Å². The van der Waals surface area contributed by atoms with Gasteiger partial charge in [-0.25, -0.2) is 0 Å². The van der Waals surface area contributed by atoms with Gasteiger partial charge in [-0.1, -0.05) is 26.3 Å². The van der Waals surface area contributed by atoms with Crippen molar-refractivity contribution >= 4 is 16.7 Å². The minimum absolute atomic E-state index is 0.0124. The van der Waals surface area contributed by atoms with Crippen LogP contribution in [0.1, 0.15) is 60.3 Å². The highest BCUT2D eigenvalue weighted by Crippen LogP contribution is 2.28. The molecule has 0 saturated heterocycles. The molecular weight excluding hydrogens is 380 g/mol. The van der Waals surface area contributed by atoms with Crippen molar-refractivity contribution in [2.24, 2.45) is 0 Å². The second-order valence-corrected chi connectivity index (χ2v) is 7.47. The van der Waals surface area contributed by atoms with E-state index in [-0.39, 0.29) is 24.7 Å². The number of nitrogens with one attached hydrogen (secondary N) is 1. The van der Waals surface area contributed by atoms with Gasteiger partial charge in [0.25, 0.3) is 0 Å². The van der Waals surface area contributed by atoms with Crippen molar-refractivity contribution in [3.8, 4) is 11.5 Å². The Morgan fingerprint density at radius 2 is 1.97 bits per heavy atom. The quantitative estimate of drug-likeness (QED) is 0.408. The second-order valence-electron chi connectivity index (χ2n) is 7.47. The van der Waals surface area contributed by atoms with Gasteiger partial charge < -0.3 is 14.9 Å². The fourth-order valence-corrected chi connectivity index (χ4v) is 3.68. The molecule has 6 heteroatoms. The van der Waals surface area contributed by atoms with Crippen LogP contribution in [0.4, 0.5) is 0 Å². The van der Waals surface area contributed by atoms with Crippen LogP contribution in [0.3, 0.4) is 0 Å². The molecule has 0 aliphatic heterocycles. The molecule has 0 radical (unpaired) electrons. The molecule has 3 aromatic rings. The van der Waals surface area contributed by atoms with Gasteiger partial charge in [-0.05, 0) is 55.0 Å². The number of fused-ring (bicyclic) bond motifs is 1. The van der Waals surface area contributed by atoms with Crippen molar-refractivity contribution in [2.75, 3.05) is 13.2 Å². The minimum Gasteiger partial charge on any atom is -0.507 e. The average molecular weight is 411 g/mol. The maximum absolute atomic E-state index is 12.9. The van der Waals surface area contributed by atoms with Crippen molar-refractivity contribution in [1.82, 2.24) is 10.2 Å². The number of carbonyl (C=O) groups excluding carboxylic acids is 1. The number of phenolic OH excluding ortho intramolecular Hbond substituents is 1. The van der Waals surface area contributed by atoms with E-state index in [9.17, 15) is 9.90 Å². The lowest BCUT2D eigenvalue weighted by Gasteiger charge is -2.11. The number of aromatic amines is 1. The predicted molar refractivity (Wildman–Crippen MR) is 117 cm³/mol. The van der Waals surface area contributed by atoms with Gasteiger partial charge >= 0.3 is 0 Å². The Morgan fingerprint density at radius 1 is 1.13 bits per heavy atom. The summed E-state index contributed by atoms with van der Waals surface area (Å²) in [5, 5.41) is 27.5. The number of hydrogen-bond acceptors (Lipinski definition) is 5. The van der Waals surface area contributed by atoms with Gasteiger partial charge in [-0.3, -0.25) is 9.89 Å². The Kier molecular flexibility index (Phi) is 7.46. The smallest absolute Gasteiger partial charge is 0.166 e. The number of phenols is 1. The Labute approximate surface area is 176 Å². The third-order valence-corrected chi connectivity index (χ3v) is 5.37. The van der Waals surface area contributed by atoms with E-state index >= 15 is 0 Å². The van der Waals surface area contributed by atoms with Gasteiger partial charge in [-0.2, -0.15) is 5.10 Å². The van der Waals surface area contributed by atoms with Crippen molar-refractivity contribution < 1.29 is 19.7 Å². The highest BCUT2D eigenvalue weighted by atomic mass is 16.5. The Morgan fingerprint density at radius 3 is 2.70 bits per heavy atom. The predicted octanol–water partition coefficient (Wildman–Crippen LogP) is 4.36. The van der Waals surface area contributed by atoms with Crippen LogP contribution in [0.25, 0.3) is 10.9 Å². The molecular formula is C24H30N2O4. The highest BCUT2D eigenvalue weighted by molar-refractivity contribution is 6.02. The molecule has 0 bridgehead atoms. The average Bonchev–Trinajstić information content (AvgIpc) is 3.15. The zero-order valence-electron chi connectivity index (χ0n) is 17.7. The van der Waals surface area contributed by atoms with E-state index in [0.717, 1.165) is 59.2 Å². The van der Waals surface area contributed by atoms with Gasteiger partial charge in [0.15, 0.2) is 5.78 Å². The lowest BCUT2D eigenvalue weighted by molar-refractivity contribution is 0.0980. The van der Waals surface area contributed by atoms with E-state index in [1.807, 2.05) is 18.2 Å². The largest absolute Gasteiger partial charge is 0.507 e. The lowest BCUT2D eigenvalue weighted by atomic mass is 9.96. The van der Waals surface area contributed by atoms with Crippen LogP contribution < -0.4 is 4.74 Å². The number of Topliss-reactive ketones (excluding diaryl/α,β-unsaturated/α-hetero) is 1. The molecule has 0 unspecified atom stereocenters. The summed E-state index contributed by atoms with van der Waals surface area (Å²) >= 11 is 0. The minimum atomic E-state index is -0.0836. The number of aryl methyl sites for hydroxylation is 3. The van der Waals surface area contributed by atoms with E-state index in [2.05, 4.69) is 24.0 Å². The fraction of sp³-hybridized carbons (Fsp3) is 0.417. The number of ketones is 1. The molecule has 0 atom stereocenters. The number of aromatic nitrogens is 2. The molecule has 30 heavy (non-hydrogen) atoms. The van der Waals surface area contributed by atoms with Crippen LogP contribution in [-0.4, -0.2) is 39.4 Å². The summed E-state index contributed by atoms with van der Waals surface area (Å²) in [4.78, 5) is 12.9. The van der Waals surface area contributed by atoms with Crippen LogP contribution in [0.15, 0.2) is 30.3 Å². The summed E-state index contributed by atoms with van der Waals surface area (Å²) in [5.41, 5.74) is 4.25. The molecule has 3 N–H and O–H groups in total. The monoisotopic (exact) mass is 410 g/mol. The van der Waals surface area contributed by atoms with Crippen LogP contribution >= 0.6 is 0 Å². The maximum Gasteiger partial charge on any atom is 0.166 e. The molecule has 0 amide bonds. The van der Waals surface area contributed by atoms with Crippen LogP contribution in [0.5, 0.6) is 11.5 Å². The Balaban J connectivity index is 1.75. The van der Waals surface area contributed by atoms with Crippen molar-refractivity contribution in [2.45, 2.75) is 52.4 Å². The first kappa shape index (κ1) is 21.8. The number of unbranched alkanes of at least 4 members (excludes halogenated alkanes) is 1.